The number of aliphatic hydroxyl groups excluding tert-OH is 1. The Kier molecular flexibility index (Phi) is 3.52. The summed E-state index contributed by atoms with van der Waals surface area (Å²) in [5, 5.41) is 9.40. The van der Waals surface area contributed by atoms with Crippen LogP contribution in [0.5, 0.6) is 0 Å². The molecule has 1 heterocycles. The van der Waals surface area contributed by atoms with Crippen LogP contribution in [-0.4, -0.2) is 35.9 Å². The highest BCUT2D eigenvalue weighted by molar-refractivity contribution is 7.98. The van der Waals surface area contributed by atoms with E-state index in [4.69, 9.17) is 4.74 Å². The third-order valence-electron chi connectivity index (χ3n) is 1.73. The first kappa shape index (κ1) is 8.37. The molecule has 1 N–H and O–H groups in total. The van der Waals surface area contributed by atoms with Crippen LogP contribution in [0.15, 0.2) is 0 Å². The number of rotatable bonds is 3. The second-order valence-electron chi connectivity index (χ2n) is 2.57. The average Bonchev–Trinajstić information content (AvgIpc) is 2.38. The lowest BCUT2D eigenvalue weighted by Gasteiger charge is -2.15. The first-order valence-electron chi connectivity index (χ1n) is 3.63. The Morgan fingerprint density at radius 3 is 3.10 bits per heavy atom. The fourth-order valence-corrected chi connectivity index (χ4v) is 1.74. The summed E-state index contributed by atoms with van der Waals surface area (Å²) in [6, 6.07) is 0. The summed E-state index contributed by atoms with van der Waals surface area (Å²) in [6.07, 6.45) is 4.00. The van der Waals surface area contributed by atoms with Crippen molar-refractivity contribution in [3.05, 3.63) is 0 Å². The summed E-state index contributed by atoms with van der Waals surface area (Å²) in [4.78, 5) is 0. The molecule has 2 nitrogen and oxygen atoms in total. The molecule has 1 aliphatic rings. The fourth-order valence-electron chi connectivity index (χ4n) is 1.18. The summed E-state index contributed by atoms with van der Waals surface area (Å²) < 4.78 is 5.30. The van der Waals surface area contributed by atoms with Crippen LogP contribution in [0.4, 0.5) is 0 Å². The molecule has 0 radical (unpaired) electrons. The molecule has 1 aliphatic heterocycles. The Morgan fingerprint density at radius 2 is 2.60 bits per heavy atom. The molecule has 1 fully saturated rings. The monoisotopic (exact) mass is 162 g/mol. The maximum Gasteiger partial charge on any atom is 0.0891 e. The fraction of sp³-hybridized carbons (Fsp3) is 1.00. The molecule has 0 aromatic carbocycles. The van der Waals surface area contributed by atoms with Crippen LogP contribution >= 0.6 is 11.8 Å². The van der Waals surface area contributed by atoms with Gasteiger partial charge in [-0.3, -0.25) is 0 Å². The minimum Gasteiger partial charge on any atom is -0.390 e. The summed E-state index contributed by atoms with van der Waals surface area (Å²) in [6.45, 7) is 0.829. The molecule has 60 valence electrons. The van der Waals surface area contributed by atoms with Crippen LogP contribution in [0.3, 0.4) is 0 Å². The normalized spacial score (nSPS) is 28.8. The van der Waals surface area contributed by atoms with E-state index in [9.17, 15) is 5.11 Å². The zero-order valence-electron chi connectivity index (χ0n) is 6.25. The lowest BCUT2D eigenvalue weighted by atomic mass is 10.2. The Morgan fingerprint density at radius 1 is 1.80 bits per heavy atom. The topological polar surface area (TPSA) is 29.5 Å². The molecule has 10 heavy (non-hydrogen) atoms. The molecular formula is C7H14O2S. The van der Waals surface area contributed by atoms with Gasteiger partial charge in [-0.15, -0.1) is 0 Å². The highest BCUT2D eigenvalue weighted by Crippen LogP contribution is 2.17. The number of hydrogen-bond donors (Lipinski definition) is 1. The van der Waals surface area contributed by atoms with Crippen molar-refractivity contribution >= 4 is 11.8 Å². The van der Waals surface area contributed by atoms with Crippen molar-refractivity contribution in [1.82, 2.24) is 0 Å². The zero-order chi connectivity index (χ0) is 7.40. The summed E-state index contributed by atoms with van der Waals surface area (Å²) in [5.74, 6) is 0.796. The van der Waals surface area contributed by atoms with Crippen molar-refractivity contribution in [3.63, 3.8) is 0 Å². The summed E-state index contributed by atoms with van der Waals surface area (Å²) in [7, 11) is 0. The lowest BCUT2D eigenvalue weighted by molar-refractivity contribution is 0.0110. The van der Waals surface area contributed by atoms with Gasteiger partial charge in [-0.25, -0.2) is 0 Å². The predicted octanol–water partition coefficient (Wildman–Crippen LogP) is 0.889. The minimum atomic E-state index is -0.252. The van der Waals surface area contributed by atoms with Crippen molar-refractivity contribution in [3.8, 4) is 0 Å². The van der Waals surface area contributed by atoms with Crippen molar-refractivity contribution in [2.24, 2.45) is 0 Å². The van der Waals surface area contributed by atoms with Crippen molar-refractivity contribution < 1.29 is 9.84 Å². The second-order valence-corrected chi connectivity index (χ2v) is 3.48. The lowest BCUT2D eigenvalue weighted by Crippen LogP contribution is -2.27. The third-order valence-corrected chi connectivity index (χ3v) is 2.41. The molecule has 0 aromatic rings. The van der Waals surface area contributed by atoms with E-state index in [0.717, 1.165) is 25.2 Å². The highest BCUT2D eigenvalue weighted by Gasteiger charge is 2.22. The van der Waals surface area contributed by atoms with E-state index in [2.05, 4.69) is 0 Å². The van der Waals surface area contributed by atoms with Crippen LogP contribution in [-0.2, 0) is 4.74 Å². The van der Waals surface area contributed by atoms with Gasteiger partial charge in [-0.05, 0) is 19.1 Å². The first-order chi connectivity index (χ1) is 4.84. The van der Waals surface area contributed by atoms with Gasteiger partial charge in [0, 0.05) is 12.4 Å². The van der Waals surface area contributed by atoms with Crippen molar-refractivity contribution in [2.75, 3.05) is 18.6 Å². The van der Waals surface area contributed by atoms with Crippen LogP contribution in [0, 0.1) is 0 Å². The molecule has 0 bridgehead atoms. The SMILES string of the molecule is CSC[C@H](O)C1CCCO1. The number of ether oxygens (including phenoxy) is 1. The van der Waals surface area contributed by atoms with Gasteiger partial charge in [-0.1, -0.05) is 0 Å². The van der Waals surface area contributed by atoms with E-state index >= 15 is 0 Å². The Hall–Kier alpha value is 0.270. The van der Waals surface area contributed by atoms with Crippen LogP contribution in [0.25, 0.3) is 0 Å². The van der Waals surface area contributed by atoms with Crippen molar-refractivity contribution in [1.29, 1.82) is 0 Å². The summed E-state index contributed by atoms with van der Waals surface area (Å²) >= 11 is 1.67. The van der Waals surface area contributed by atoms with Gasteiger partial charge in [0.2, 0.25) is 0 Å². The van der Waals surface area contributed by atoms with Gasteiger partial charge in [-0.2, -0.15) is 11.8 Å². The number of thioether (sulfide) groups is 1. The third kappa shape index (κ3) is 2.15. The van der Waals surface area contributed by atoms with E-state index in [-0.39, 0.29) is 12.2 Å². The van der Waals surface area contributed by atoms with E-state index in [1.807, 2.05) is 6.26 Å². The highest BCUT2D eigenvalue weighted by atomic mass is 32.2. The second kappa shape index (κ2) is 4.21. The predicted molar refractivity (Wildman–Crippen MR) is 43.4 cm³/mol. The van der Waals surface area contributed by atoms with Crippen LogP contribution in [0.2, 0.25) is 0 Å². The van der Waals surface area contributed by atoms with Crippen LogP contribution < -0.4 is 0 Å². The molecule has 0 amide bonds. The molecule has 1 unspecified atom stereocenters. The molecule has 0 aliphatic carbocycles. The molecule has 2 atom stereocenters. The van der Waals surface area contributed by atoms with Gasteiger partial charge >= 0.3 is 0 Å². The molecule has 0 spiro atoms. The first-order valence-corrected chi connectivity index (χ1v) is 5.02. The summed E-state index contributed by atoms with van der Waals surface area (Å²) in [5.41, 5.74) is 0. The van der Waals surface area contributed by atoms with Crippen molar-refractivity contribution in [2.45, 2.75) is 25.0 Å². The van der Waals surface area contributed by atoms with Crippen LogP contribution in [0.1, 0.15) is 12.8 Å². The smallest absolute Gasteiger partial charge is 0.0891 e. The maximum atomic E-state index is 9.40. The minimum absolute atomic E-state index is 0.118. The Balaban J connectivity index is 2.18. The molecule has 1 saturated heterocycles. The number of hydrogen-bond acceptors (Lipinski definition) is 3. The van der Waals surface area contributed by atoms with Gasteiger partial charge in [0.1, 0.15) is 0 Å². The number of aliphatic hydroxyl groups is 1. The van der Waals surface area contributed by atoms with Gasteiger partial charge < -0.3 is 9.84 Å². The Bertz CT molecular complexity index is 91.6. The molecule has 0 aromatic heterocycles. The van der Waals surface area contributed by atoms with Gasteiger partial charge in [0.15, 0.2) is 0 Å². The molecular weight excluding hydrogens is 148 g/mol. The van der Waals surface area contributed by atoms with E-state index in [0.29, 0.717) is 0 Å². The maximum absolute atomic E-state index is 9.40. The van der Waals surface area contributed by atoms with Gasteiger partial charge in [0.05, 0.1) is 12.2 Å². The molecule has 0 saturated carbocycles. The molecule has 3 heteroatoms. The van der Waals surface area contributed by atoms with Gasteiger partial charge in [0.25, 0.3) is 0 Å². The molecule has 1 rings (SSSR count). The average molecular weight is 162 g/mol. The standard InChI is InChI=1S/C7H14O2S/c1-10-5-6(8)7-3-2-4-9-7/h6-8H,2-5H2,1H3/t6-,7?/m0/s1. The zero-order valence-corrected chi connectivity index (χ0v) is 7.06. The largest absolute Gasteiger partial charge is 0.390 e. The quantitative estimate of drug-likeness (QED) is 0.668. The van der Waals surface area contributed by atoms with E-state index in [1.54, 1.807) is 11.8 Å². The van der Waals surface area contributed by atoms with E-state index < -0.39 is 0 Å². The van der Waals surface area contributed by atoms with E-state index in [1.165, 1.54) is 0 Å². The Labute approximate surface area is 66.0 Å².